The van der Waals surface area contributed by atoms with Crippen molar-refractivity contribution in [1.29, 1.82) is 0 Å². The van der Waals surface area contributed by atoms with E-state index in [4.69, 9.17) is 9.47 Å². The third kappa shape index (κ3) is 3.81. The van der Waals surface area contributed by atoms with Gasteiger partial charge in [-0.05, 0) is 31.4 Å². The molecular weight excluding hydrogens is 368 g/mol. The Labute approximate surface area is 171 Å². The van der Waals surface area contributed by atoms with Crippen LogP contribution in [-0.2, 0) is 22.0 Å². The molecule has 6 heteroatoms. The van der Waals surface area contributed by atoms with Crippen LogP contribution in [0.4, 0.5) is 0 Å². The van der Waals surface area contributed by atoms with Gasteiger partial charge in [-0.25, -0.2) is 0 Å². The van der Waals surface area contributed by atoms with Crippen LogP contribution in [0.3, 0.4) is 0 Å². The molecule has 6 nitrogen and oxygen atoms in total. The Balaban J connectivity index is 1.50. The van der Waals surface area contributed by atoms with E-state index < -0.39 is 5.41 Å². The van der Waals surface area contributed by atoms with E-state index in [1.54, 1.807) is 11.6 Å². The quantitative estimate of drug-likeness (QED) is 0.796. The van der Waals surface area contributed by atoms with E-state index >= 15 is 0 Å². The van der Waals surface area contributed by atoms with Crippen LogP contribution >= 0.6 is 0 Å². The summed E-state index contributed by atoms with van der Waals surface area (Å²) >= 11 is 0. The number of benzene rings is 1. The van der Waals surface area contributed by atoms with E-state index in [9.17, 15) is 9.59 Å². The Hall–Kier alpha value is -2.60. The second-order valence-corrected chi connectivity index (χ2v) is 8.07. The highest BCUT2D eigenvalue weighted by Gasteiger charge is 2.45. The molecule has 2 aromatic rings. The van der Waals surface area contributed by atoms with Gasteiger partial charge in [0.25, 0.3) is 5.56 Å². The molecule has 1 atom stereocenters. The number of ether oxygens (including phenoxy) is 2. The van der Waals surface area contributed by atoms with Crippen molar-refractivity contribution < 1.29 is 14.3 Å². The highest BCUT2D eigenvalue weighted by atomic mass is 16.5. The zero-order valence-electron chi connectivity index (χ0n) is 17.1. The molecule has 2 fully saturated rings. The van der Waals surface area contributed by atoms with Crippen molar-refractivity contribution in [1.82, 2.24) is 9.47 Å². The van der Waals surface area contributed by atoms with Gasteiger partial charge in [0, 0.05) is 45.0 Å². The molecule has 2 aliphatic heterocycles. The fourth-order valence-electron chi connectivity index (χ4n) is 4.41. The van der Waals surface area contributed by atoms with Crippen LogP contribution in [-0.4, -0.2) is 47.8 Å². The summed E-state index contributed by atoms with van der Waals surface area (Å²) in [5.74, 6) is 0.743. The minimum absolute atomic E-state index is 0.0869. The second-order valence-electron chi connectivity index (χ2n) is 8.07. The normalized spacial score (nSPS) is 21.2. The molecule has 3 heterocycles. The lowest BCUT2D eigenvalue weighted by Crippen LogP contribution is -2.49. The van der Waals surface area contributed by atoms with Crippen molar-refractivity contribution in [3.63, 3.8) is 0 Å². The third-order valence-electron chi connectivity index (χ3n) is 6.29. The van der Waals surface area contributed by atoms with E-state index in [0.717, 1.165) is 17.7 Å². The van der Waals surface area contributed by atoms with Crippen LogP contribution in [0.2, 0.25) is 0 Å². The smallest absolute Gasteiger partial charge is 0.254 e. The molecule has 4 rings (SSSR count). The molecule has 0 aliphatic carbocycles. The molecule has 0 N–H and O–H groups in total. The number of hydrogen-bond acceptors (Lipinski definition) is 4. The van der Waals surface area contributed by atoms with Crippen LogP contribution in [0.1, 0.15) is 30.5 Å². The average Bonchev–Trinajstić information content (AvgIpc) is 3.21. The summed E-state index contributed by atoms with van der Waals surface area (Å²) in [5, 5.41) is 0. The lowest BCUT2D eigenvalue weighted by atomic mass is 9.73. The number of carbonyl (C=O) groups is 1. The molecule has 0 radical (unpaired) electrons. The number of nitrogens with zero attached hydrogens (tertiary/aromatic N) is 2. The van der Waals surface area contributed by atoms with Crippen LogP contribution in [0.25, 0.3) is 0 Å². The van der Waals surface area contributed by atoms with Crippen LogP contribution in [0, 0.1) is 6.92 Å². The van der Waals surface area contributed by atoms with Gasteiger partial charge in [-0.2, -0.15) is 0 Å². The fourth-order valence-corrected chi connectivity index (χ4v) is 4.41. The molecular formula is C23H28N2O4. The molecule has 1 aromatic heterocycles. The predicted molar refractivity (Wildman–Crippen MR) is 110 cm³/mol. The van der Waals surface area contributed by atoms with Gasteiger partial charge in [0.1, 0.15) is 11.9 Å². The number of pyridine rings is 1. The van der Waals surface area contributed by atoms with Crippen molar-refractivity contribution in [3.8, 4) is 5.75 Å². The SMILES string of the molecule is Cc1cc(OC2CCN(C(=O)C3(c4ccccc4)CCOCC3)C2)cc(=O)n1C. The number of amides is 1. The molecule has 154 valence electrons. The van der Waals surface area contributed by atoms with Gasteiger partial charge in [-0.1, -0.05) is 30.3 Å². The molecule has 0 spiro atoms. The molecule has 0 saturated carbocycles. The minimum atomic E-state index is -0.520. The zero-order valence-corrected chi connectivity index (χ0v) is 17.1. The summed E-state index contributed by atoms with van der Waals surface area (Å²) in [6.45, 7) is 4.29. The summed E-state index contributed by atoms with van der Waals surface area (Å²) in [6, 6.07) is 13.5. The summed E-state index contributed by atoms with van der Waals surface area (Å²) in [4.78, 5) is 27.6. The maximum atomic E-state index is 13.6. The molecule has 29 heavy (non-hydrogen) atoms. The van der Waals surface area contributed by atoms with Gasteiger partial charge in [0.15, 0.2) is 0 Å². The molecule has 2 aliphatic rings. The van der Waals surface area contributed by atoms with Gasteiger partial charge >= 0.3 is 0 Å². The molecule has 1 unspecified atom stereocenters. The highest BCUT2D eigenvalue weighted by molar-refractivity contribution is 5.88. The zero-order chi connectivity index (χ0) is 20.4. The third-order valence-corrected chi connectivity index (χ3v) is 6.29. The number of likely N-dealkylation sites (tertiary alicyclic amines) is 1. The van der Waals surface area contributed by atoms with E-state index in [1.807, 2.05) is 36.1 Å². The van der Waals surface area contributed by atoms with Gasteiger partial charge in [-0.15, -0.1) is 0 Å². The Bertz CT molecular complexity index is 932. The summed E-state index contributed by atoms with van der Waals surface area (Å²) in [5.41, 5.74) is 1.31. The summed E-state index contributed by atoms with van der Waals surface area (Å²) < 4.78 is 13.2. The van der Waals surface area contributed by atoms with E-state index in [-0.39, 0.29) is 17.6 Å². The highest BCUT2D eigenvalue weighted by Crippen LogP contribution is 2.37. The number of rotatable bonds is 4. The lowest BCUT2D eigenvalue weighted by molar-refractivity contribution is -0.140. The molecule has 2 saturated heterocycles. The average molecular weight is 396 g/mol. The number of aryl methyl sites for hydroxylation is 1. The first-order valence-corrected chi connectivity index (χ1v) is 10.3. The molecule has 0 bridgehead atoms. The lowest BCUT2D eigenvalue weighted by Gasteiger charge is -2.39. The summed E-state index contributed by atoms with van der Waals surface area (Å²) in [7, 11) is 1.74. The minimum Gasteiger partial charge on any atom is -0.488 e. The second kappa shape index (κ2) is 8.03. The standard InChI is InChI=1S/C23H28N2O4/c1-17-14-20(15-21(26)24(17)2)29-19-8-11-25(16-19)22(27)23(9-12-28-13-10-23)18-6-4-3-5-7-18/h3-7,14-15,19H,8-13,16H2,1-2H3. The Kier molecular flexibility index (Phi) is 5.46. The maximum absolute atomic E-state index is 13.6. The number of hydrogen-bond donors (Lipinski definition) is 0. The first-order chi connectivity index (χ1) is 14.0. The number of aromatic nitrogens is 1. The van der Waals surface area contributed by atoms with Crippen LogP contribution in [0.15, 0.2) is 47.3 Å². The van der Waals surface area contributed by atoms with Gasteiger partial charge in [0.2, 0.25) is 5.91 Å². The molecule has 1 aromatic carbocycles. The number of carbonyl (C=O) groups excluding carboxylic acids is 1. The van der Waals surface area contributed by atoms with E-state index in [2.05, 4.69) is 12.1 Å². The largest absolute Gasteiger partial charge is 0.488 e. The van der Waals surface area contributed by atoms with Crippen molar-refractivity contribution in [3.05, 3.63) is 64.1 Å². The van der Waals surface area contributed by atoms with Crippen LogP contribution < -0.4 is 10.3 Å². The fraction of sp³-hybridized carbons (Fsp3) is 0.478. The molecule has 1 amide bonds. The maximum Gasteiger partial charge on any atom is 0.254 e. The van der Waals surface area contributed by atoms with Crippen molar-refractivity contribution in [2.45, 2.75) is 37.7 Å². The predicted octanol–water partition coefficient (Wildman–Crippen LogP) is 2.42. The van der Waals surface area contributed by atoms with Gasteiger partial charge in [-0.3, -0.25) is 9.59 Å². The topological polar surface area (TPSA) is 60.8 Å². The Morgan fingerprint density at radius 1 is 1.17 bits per heavy atom. The van der Waals surface area contributed by atoms with Crippen molar-refractivity contribution >= 4 is 5.91 Å². The van der Waals surface area contributed by atoms with Crippen molar-refractivity contribution in [2.24, 2.45) is 7.05 Å². The monoisotopic (exact) mass is 396 g/mol. The Morgan fingerprint density at radius 2 is 1.90 bits per heavy atom. The Morgan fingerprint density at radius 3 is 2.59 bits per heavy atom. The van der Waals surface area contributed by atoms with E-state index in [1.165, 1.54) is 6.07 Å². The van der Waals surface area contributed by atoms with Gasteiger partial charge in [0.05, 0.1) is 12.0 Å². The summed E-state index contributed by atoms with van der Waals surface area (Å²) in [6.07, 6.45) is 2.07. The van der Waals surface area contributed by atoms with Gasteiger partial charge < -0.3 is 18.9 Å². The van der Waals surface area contributed by atoms with Crippen LogP contribution in [0.5, 0.6) is 5.75 Å². The van der Waals surface area contributed by atoms with Crippen molar-refractivity contribution in [2.75, 3.05) is 26.3 Å². The van der Waals surface area contributed by atoms with E-state index in [0.29, 0.717) is 44.9 Å². The first-order valence-electron chi connectivity index (χ1n) is 10.3. The first kappa shape index (κ1) is 19.7.